The Morgan fingerprint density at radius 1 is 1.10 bits per heavy atom. The number of nitrogens with one attached hydrogen (secondary N) is 1. The van der Waals surface area contributed by atoms with Crippen LogP contribution in [0.25, 0.3) is 10.9 Å². The van der Waals surface area contributed by atoms with Crippen molar-refractivity contribution in [1.82, 2.24) is 9.88 Å². The van der Waals surface area contributed by atoms with Gasteiger partial charge in [0.1, 0.15) is 0 Å². The second-order valence-electron chi connectivity index (χ2n) is 5.04. The lowest BCUT2D eigenvalue weighted by molar-refractivity contribution is 0.143. The van der Waals surface area contributed by atoms with Gasteiger partial charge in [0.25, 0.3) is 5.56 Å². The van der Waals surface area contributed by atoms with Gasteiger partial charge in [0, 0.05) is 32.4 Å². The Kier molecular flexibility index (Phi) is 6.44. The maximum absolute atomic E-state index is 12.0. The first-order valence-electron chi connectivity index (χ1n) is 7.70. The van der Waals surface area contributed by atoms with E-state index >= 15 is 0 Å². The maximum Gasteiger partial charge on any atom is 0.251 e. The smallest absolute Gasteiger partial charge is 0.251 e. The average molecular weight is 288 g/mol. The van der Waals surface area contributed by atoms with Crippen molar-refractivity contribution in [2.75, 3.05) is 26.3 Å². The summed E-state index contributed by atoms with van der Waals surface area (Å²) in [6, 6.07) is 11.5. The summed E-state index contributed by atoms with van der Waals surface area (Å²) in [5.74, 6) is 0. The molecule has 2 aromatic rings. The fourth-order valence-corrected chi connectivity index (χ4v) is 2.39. The molecular formula is C17H24N2O2. The third kappa shape index (κ3) is 4.69. The highest BCUT2D eigenvalue weighted by atomic mass is 16.5. The highest BCUT2D eigenvalue weighted by Crippen LogP contribution is 2.10. The number of rotatable bonds is 9. The molecule has 1 N–H and O–H groups in total. The number of aromatic nitrogens is 1. The molecule has 114 valence electrons. The van der Waals surface area contributed by atoms with Crippen LogP contribution in [0.15, 0.2) is 41.2 Å². The number of fused-ring (bicyclic) bond motifs is 1. The zero-order valence-electron chi connectivity index (χ0n) is 12.7. The Hall–Kier alpha value is -1.65. The molecule has 0 fully saturated rings. The van der Waals surface area contributed by atoms with Crippen molar-refractivity contribution in [2.24, 2.45) is 0 Å². The van der Waals surface area contributed by atoms with Gasteiger partial charge in [0.15, 0.2) is 0 Å². The Morgan fingerprint density at radius 2 is 1.95 bits per heavy atom. The van der Waals surface area contributed by atoms with E-state index in [4.69, 9.17) is 4.74 Å². The van der Waals surface area contributed by atoms with Gasteiger partial charge < -0.3 is 14.6 Å². The van der Waals surface area contributed by atoms with E-state index < -0.39 is 0 Å². The van der Waals surface area contributed by atoms with E-state index in [-0.39, 0.29) is 5.56 Å². The van der Waals surface area contributed by atoms with Crippen LogP contribution in [0.4, 0.5) is 0 Å². The van der Waals surface area contributed by atoms with Gasteiger partial charge in [-0.3, -0.25) is 4.79 Å². The Labute approximate surface area is 125 Å². The standard InChI is InChI=1S/C17H24N2O2/c1-2-21-14-6-5-11-18-12-13-19-16-8-4-3-7-15(16)9-10-17(19)20/h3-4,7-10,18H,2,5-6,11-14H2,1H3. The quantitative estimate of drug-likeness (QED) is 0.721. The largest absolute Gasteiger partial charge is 0.382 e. The van der Waals surface area contributed by atoms with Gasteiger partial charge in [0.05, 0.1) is 5.52 Å². The second kappa shape index (κ2) is 8.60. The number of para-hydroxylation sites is 1. The minimum atomic E-state index is 0.0619. The van der Waals surface area contributed by atoms with Crippen molar-refractivity contribution in [3.05, 3.63) is 46.8 Å². The molecule has 0 spiro atoms. The average Bonchev–Trinajstić information content (AvgIpc) is 2.51. The van der Waals surface area contributed by atoms with Crippen LogP contribution in [-0.2, 0) is 11.3 Å². The van der Waals surface area contributed by atoms with Crippen LogP contribution in [0, 0.1) is 0 Å². The van der Waals surface area contributed by atoms with Crippen LogP contribution in [0.2, 0.25) is 0 Å². The molecule has 0 saturated heterocycles. The van der Waals surface area contributed by atoms with Gasteiger partial charge in [-0.25, -0.2) is 0 Å². The molecule has 1 heterocycles. The van der Waals surface area contributed by atoms with Crippen molar-refractivity contribution >= 4 is 10.9 Å². The van der Waals surface area contributed by atoms with Gasteiger partial charge >= 0.3 is 0 Å². The minimum absolute atomic E-state index is 0.0619. The van der Waals surface area contributed by atoms with Gasteiger partial charge in [0.2, 0.25) is 0 Å². The lowest BCUT2D eigenvalue weighted by Crippen LogP contribution is -2.27. The van der Waals surface area contributed by atoms with Gasteiger partial charge in [-0.05, 0) is 43.8 Å². The van der Waals surface area contributed by atoms with E-state index in [1.165, 1.54) is 0 Å². The summed E-state index contributed by atoms with van der Waals surface area (Å²) >= 11 is 0. The number of unbranched alkanes of at least 4 members (excludes halogenated alkanes) is 1. The summed E-state index contributed by atoms with van der Waals surface area (Å²) in [4.78, 5) is 12.0. The molecule has 21 heavy (non-hydrogen) atoms. The molecule has 0 aliphatic carbocycles. The summed E-state index contributed by atoms with van der Waals surface area (Å²) < 4.78 is 7.14. The molecule has 1 aromatic heterocycles. The van der Waals surface area contributed by atoms with Crippen molar-refractivity contribution in [3.8, 4) is 0 Å². The third-order valence-electron chi connectivity index (χ3n) is 3.51. The molecular weight excluding hydrogens is 264 g/mol. The van der Waals surface area contributed by atoms with Crippen LogP contribution >= 0.6 is 0 Å². The first-order chi connectivity index (χ1) is 10.3. The van der Waals surface area contributed by atoms with E-state index in [1.807, 2.05) is 41.8 Å². The van der Waals surface area contributed by atoms with E-state index in [0.29, 0.717) is 6.54 Å². The Bertz CT molecular complexity index is 607. The normalized spacial score (nSPS) is 11.1. The molecule has 0 bridgehead atoms. The van der Waals surface area contributed by atoms with Crippen molar-refractivity contribution in [1.29, 1.82) is 0 Å². The number of hydrogen-bond acceptors (Lipinski definition) is 3. The molecule has 0 saturated carbocycles. The predicted molar refractivity (Wildman–Crippen MR) is 86.8 cm³/mol. The highest BCUT2D eigenvalue weighted by molar-refractivity contribution is 5.78. The number of pyridine rings is 1. The van der Waals surface area contributed by atoms with Crippen molar-refractivity contribution < 1.29 is 4.74 Å². The van der Waals surface area contributed by atoms with Crippen LogP contribution in [-0.4, -0.2) is 30.9 Å². The van der Waals surface area contributed by atoms with E-state index in [0.717, 1.165) is 50.0 Å². The van der Waals surface area contributed by atoms with E-state index in [2.05, 4.69) is 5.32 Å². The predicted octanol–water partition coefficient (Wildman–Crippen LogP) is 2.41. The van der Waals surface area contributed by atoms with E-state index in [1.54, 1.807) is 6.07 Å². The summed E-state index contributed by atoms with van der Waals surface area (Å²) in [6.45, 7) is 6.11. The first-order valence-corrected chi connectivity index (χ1v) is 7.70. The molecule has 0 radical (unpaired) electrons. The summed E-state index contributed by atoms with van der Waals surface area (Å²) in [6.07, 6.45) is 2.18. The van der Waals surface area contributed by atoms with E-state index in [9.17, 15) is 4.79 Å². The number of benzene rings is 1. The Balaban J connectivity index is 1.81. The zero-order chi connectivity index (χ0) is 14.9. The molecule has 4 heteroatoms. The number of nitrogens with zero attached hydrogens (tertiary/aromatic N) is 1. The maximum atomic E-state index is 12.0. The SMILES string of the molecule is CCOCCCCNCCn1c(=O)ccc2ccccc21. The zero-order valence-corrected chi connectivity index (χ0v) is 12.7. The summed E-state index contributed by atoms with van der Waals surface area (Å²) in [5, 5.41) is 4.49. The van der Waals surface area contributed by atoms with Crippen LogP contribution in [0.3, 0.4) is 0 Å². The molecule has 0 aliphatic rings. The summed E-state index contributed by atoms with van der Waals surface area (Å²) in [5.41, 5.74) is 1.06. The lowest BCUT2D eigenvalue weighted by atomic mass is 10.2. The third-order valence-corrected chi connectivity index (χ3v) is 3.51. The van der Waals surface area contributed by atoms with Crippen molar-refractivity contribution in [3.63, 3.8) is 0 Å². The monoisotopic (exact) mass is 288 g/mol. The molecule has 0 aliphatic heterocycles. The molecule has 2 rings (SSSR count). The molecule has 0 atom stereocenters. The van der Waals surface area contributed by atoms with Gasteiger partial charge in [-0.15, -0.1) is 0 Å². The van der Waals surface area contributed by atoms with Gasteiger partial charge in [-0.2, -0.15) is 0 Å². The molecule has 0 amide bonds. The fourth-order valence-electron chi connectivity index (χ4n) is 2.39. The highest BCUT2D eigenvalue weighted by Gasteiger charge is 2.01. The van der Waals surface area contributed by atoms with Gasteiger partial charge in [-0.1, -0.05) is 18.2 Å². The number of hydrogen-bond donors (Lipinski definition) is 1. The summed E-state index contributed by atoms with van der Waals surface area (Å²) in [7, 11) is 0. The Morgan fingerprint density at radius 3 is 2.81 bits per heavy atom. The van der Waals surface area contributed by atoms with Crippen molar-refractivity contribution in [2.45, 2.75) is 26.3 Å². The molecule has 0 unspecified atom stereocenters. The second-order valence-corrected chi connectivity index (χ2v) is 5.04. The number of ether oxygens (including phenoxy) is 1. The fraction of sp³-hybridized carbons (Fsp3) is 0.471. The lowest BCUT2D eigenvalue weighted by Gasteiger charge is -2.10. The molecule has 4 nitrogen and oxygen atoms in total. The minimum Gasteiger partial charge on any atom is -0.382 e. The van der Waals surface area contributed by atoms with Crippen LogP contribution < -0.4 is 10.9 Å². The molecule has 1 aromatic carbocycles. The van der Waals surface area contributed by atoms with Crippen LogP contribution in [0.1, 0.15) is 19.8 Å². The van der Waals surface area contributed by atoms with Crippen LogP contribution in [0.5, 0.6) is 0 Å². The first kappa shape index (κ1) is 15.7. The topological polar surface area (TPSA) is 43.3 Å².